The summed E-state index contributed by atoms with van der Waals surface area (Å²) >= 11 is 0. The molecule has 3 nitrogen and oxygen atoms in total. The molecule has 1 aromatic heterocycles. The highest BCUT2D eigenvalue weighted by molar-refractivity contribution is 5.43. The largest absolute Gasteiger partial charge is 0.481 e. The van der Waals surface area contributed by atoms with Gasteiger partial charge in [0.2, 0.25) is 5.88 Å². The molecule has 1 saturated carbocycles. The van der Waals surface area contributed by atoms with E-state index in [-0.39, 0.29) is 0 Å². The van der Waals surface area contributed by atoms with Crippen LogP contribution in [0.3, 0.4) is 0 Å². The Morgan fingerprint density at radius 2 is 2.31 bits per heavy atom. The van der Waals surface area contributed by atoms with Gasteiger partial charge in [-0.1, -0.05) is 13.3 Å². The van der Waals surface area contributed by atoms with Gasteiger partial charge in [-0.15, -0.1) is 0 Å². The number of rotatable bonds is 4. The number of pyridine rings is 1. The van der Waals surface area contributed by atoms with Crippen LogP contribution in [-0.4, -0.2) is 18.1 Å². The molecule has 1 N–H and O–H groups in total. The maximum absolute atomic E-state index is 5.03. The van der Waals surface area contributed by atoms with Gasteiger partial charge < -0.3 is 10.1 Å². The van der Waals surface area contributed by atoms with Gasteiger partial charge in [0.25, 0.3) is 0 Å². The van der Waals surface area contributed by atoms with Gasteiger partial charge >= 0.3 is 0 Å². The van der Waals surface area contributed by atoms with Crippen molar-refractivity contribution in [2.75, 3.05) is 12.4 Å². The molecule has 1 aliphatic rings. The highest BCUT2D eigenvalue weighted by atomic mass is 16.5. The zero-order valence-corrected chi connectivity index (χ0v) is 10.1. The maximum Gasteiger partial charge on any atom is 0.213 e. The van der Waals surface area contributed by atoms with Crippen LogP contribution in [0.15, 0.2) is 18.3 Å². The molecule has 0 aromatic carbocycles. The van der Waals surface area contributed by atoms with Crippen molar-refractivity contribution in [3.8, 4) is 5.88 Å². The molecular weight excluding hydrogens is 200 g/mol. The molecule has 88 valence electrons. The monoisotopic (exact) mass is 220 g/mol. The van der Waals surface area contributed by atoms with E-state index < -0.39 is 0 Å². The molecular formula is C13H20N2O. The molecule has 3 heteroatoms. The van der Waals surface area contributed by atoms with Gasteiger partial charge in [0.05, 0.1) is 19.0 Å². The van der Waals surface area contributed by atoms with E-state index >= 15 is 0 Å². The van der Waals surface area contributed by atoms with Crippen LogP contribution in [-0.2, 0) is 0 Å². The first kappa shape index (κ1) is 11.2. The second-order valence-corrected chi connectivity index (χ2v) is 4.52. The number of anilines is 1. The first-order valence-electron chi connectivity index (χ1n) is 6.08. The number of methoxy groups -OCH3 is 1. The van der Waals surface area contributed by atoms with Crippen LogP contribution in [0.5, 0.6) is 5.88 Å². The van der Waals surface area contributed by atoms with Gasteiger partial charge in [-0.2, -0.15) is 0 Å². The van der Waals surface area contributed by atoms with Crippen LogP contribution in [0.2, 0.25) is 0 Å². The molecule has 2 rings (SSSR count). The van der Waals surface area contributed by atoms with Crippen LogP contribution in [0, 0.1) is 5.92 Å². The molecule has 1 heterocycles. The van der Waals surface area contributed by atoms with Crippen molar-refractivity contribution in [3.63, 3.8) is 0 Å². The van der Waals surface area contributed by atoms with Crippen molar-refractivity contribution in [1.29, 1.82) is 0 Å². The van der Waals surface area contributed by atoms with E-state index in [0.717, 1.165) is 11.6 Å². The van der Waals surface area contributed by atoms with Crippen LogP contribution < -0.4 is 10.1 Å². The Morgan fingerprint density at radius 1 is 1.44 bits per heavy atom. The Hall–Kier alpha value is -1.25. The lowest BCUT2D eigenvalue weighted by molar-refractivity contribution is 0.398. The molecule has 1 aromatic rings. The van der Waals surface area contributed by atoms with Crippen LogP contribution in [0.4, 0.5) is 5.69 Å². The lowest BCUT2D eigenvalue weighted by Crippen LogP contribution is -2.15. The fraction of sp³-hybridized carbons (Fsp3) is 0.615. The predicted molar refractivity (Wildman–Crippen MR) is 65.8 cm³/mol. The normalized spacial score (nSPS) is 24.4. The molecule has 0 bridgehead atoms. The number of hydrogen-bond donors (Lipinski definition) is 1. The topological polar surface area (TPSA) is 34.1 Å². The standard InChI is InChI=1S/C13H20N2O/c1-3-10-4-5-11(8-10)15-12-6-7-13(16-2)14-9-12/h6-7,9-11,15H,3-5,8H2,1-2H3. The second-order valence-electron chi connectivity index (χ2n) is 4.52. The minimum absolute atomic E-state index is 0.625. The fourth-order valence-electron chi connectivity index (χ4n) is 2.40. The Labute approximate surface area is 97.2 Å². The average molecular weight is 220 g/mol. The van der Waals surface area contributed by atoms with Gasteiger partial charge in [0.15, 0.2) is 0 Å². The first-order valence-corrected chi connectivity index (χ1v) is 6.08. The lowest BCUT2D eigenvalue weighted by Gasteiger charge is -2.14. The first-order chi connectivity index (χ1) is 7.81. The van der Waals surface area contributed by atoms with Crippen molar-refractivity contribution >= 4 is 5.69 Å². The van der Waals surface area contributed by atoms with Crippen LogP contribution in [0.1, 0.15) is 32.6 Å². The predicted octanol–water partition coefficient (Wildman–Crippen LogP) is 3.08. The summed E-state index contributed by atoms with van der Waals surface area (Å²) in [4.78, 5) is 4.19. The lowest BCUT2D eigenvalue weighted by atomic mass is 10.1. The van der Waals surface area contributed by atoms with Gasteiger partial charge in [-0.3, -0.25) is 0 Å². The number of nitrogens with one attached hydrogen (secondary N) is 1. The average Bonchev–Trinajstić information content (AvgIpc) is 2.78. The summed E-state index contributed by atoms with van der Waals surface area (Å²) in [6.07, 6.45) is 7.09. The van der Waals surface area contributed by atoms with Crippen molar-refractivity contribution in [1.82, 2.24) is 4.98 Å². The zero-order chi connectivity index (χ0) is 11.4. The summed E-state index contributed by atoms with van der Waals surface area (Å²) in [5.74, 6) is 1.58. The van der Waals surface area contributed by atoms with Crippen molar-refractivity contribution in [3.05, 3.63) is 18.3 Å². The van der Waals surface area contributed by atoms with E-state index in [4.69, 9.17) is 4.74 Å². The molecule has 2 unspecified atom stereocenters. The van der Waals surface area contributed by atoms with E-state index in [0.29, 0.717) is 11.9 Å². The Balaban J connectivity index is 1.89. The van der Waals surface area contributed by atoms with Crippen molar-refractivity contribution < 1.29 is 4.74 Å². The Kier molecular flexibility index (Phi) is 3.65. The molecule has 1 aliphatic carbocycles. The molecule has 0 saturated heterocycles. The summed E-state index contributed by atoms with van der Waals surface area (Å²) in [6, 6.07) is 4.56. The SMILES string of the molecule is CCC1CCC(Nc2ccc(OC)nc2)C1. The third kappa shape index (κ3) is 2.65. The van der Waals surface area contributed by atoms with E-state index in [1.165, 1.54) is 25.7 Å². The summed E-state index contributed by atoms with van der Waals surface area (Å²) in [7, 11) is 1.64. The number of aromatic nitrogens is 1. The highest BCUT2D eigenvalue weighted by Gasteiger charge is 2.22. The second kappa shape index (κ2) is 5.19. The molecule has 2 atom stereocenters. The molecule has 0 spiro atoms. The highest BCUT2D eigenvalue weighted by Crippen LogP contribution is 2.30. The van der Waals surface area contributed by atoms with Gasteiger partial charge in [-0.05, 0) is 31.2 Å². The van der Waals surface area contributed by atoms with E-state index in [1.807, 2.05) is 18.3 Å². The van der Waals surface area contributed by atoms with Crippen LogP contribution >= 0.6 is 0 Å². The number of hydrogen-bond acceptors (Lipinski definition) is 3. The summed E-state index contributed by atoms with van der Waals surface area (Å²) in [5.41, 5.74) is 1.10. The third-order valence-corrected chi connectivity index (χ3v) is 3.43. The van der Waals surface area contributed by atoms with Crippen molar-refractivity contribution in [2.24, 2.45) is 5.92 Å². The third-order valence-electron chi connectivity index (χ3n) is 3.43. The van der Waals surface area contributed by atoms with Gasteiger partial charge in [0.1, 0.15) is 0 Å². The maximum atomic E-state index is 5.03. The minimum atomic E-state index is 0.625. The fourth-order valence-corrected chi connectivity index (χ4v) is 2.40. The van der Waals surface area contributed by atoms with E-state index in [2.05, 4.69) is 17.2 Å². The summed E-state index contributed by atoms with van der Waals surface area (Å²) < 4.78 is 5.03. The summed E-state index contributed by atoms with van der Waals surface area (Å²) in [6.45, 7) is 2.28. The molecule has 1 fully saturated rings. The Morgan fingerprint density at radius 3 is 2.88 bits per heavy atom. The Bertz CT molecular complexity index is 323. The van der Waals surface area contributed by atoms with Crippen molar-refractivity contribution in [2.45, 2.75) is 38.6 Å². The minimum Gasteiger partial charge on any atom is -0.481 e. The van der Waals surface area contributed by atoms with Gasteiger partial charge in [-0.25, -0.2) is 4.98 Å². The number of nitrogens with zero attached hydrogens (tertiary/aromatic N) is 1. The van der Waals surface area contributed by atoms with Crippen LogP contribution in [0.25, 0.3) is 0 Å². The molecule has 0 aliphatic heterocycles. The zero-order valence-electron chi connectivity index (χ0n) is 10.1. The van der Waals surface area contributed by atoms with Gasteiger partial charge in [0, 0.05) is 12.1 Å². The smallest absolute Gasteiger partial charge is 0.213 e. The summed E-state index contributed by atoms with van der Waals surface area (Å²) in [5, 5.41) is 3.54. The molecule has 16 heavy (non-hydrogen) atoms. The number of ether oxygens (including phenoxy) is 1. The molecule has 0 amide bonds. The van der Waals surface area contributed by atoms with E-state index in [9.17, 15) is 0 Å². The quantitative estimate of drug-likeness (QED) is 0.846. The molecule has 0 radical (unpaired) electrons. The van der Waals surface area contributed by atoms with E-state index in [1.54, 1.807) is 7.11 Å².